The Balaban J connectivity index is 1.89. The van der Waals surface area contributed by atoms with Crippen LogP contribution in [-0.4, -0.2) is 18.8 Å². The highest BCUT2D eigenvalue weighted by Crippen LogP contribution is 2.37. The van der Waals surface area contributed by atoms with Crippen molar-refractivity contribution in [3.63, 3.8) is 0 Å². The summed E-state index contributed by atoms with van der Waals surface area (Å²) >= 11 is 0. The van der Waals surface area contributed by atoms with Gasteiger partial charge in [0.15, 0.2) is 0 Å². The van der Waals surface area contributed by atoms with E-state index < -0.39 is 12.0 Å². The van der Waals surface area contributed by atoms with Crippen LogP contribution in [0.2, 0.25) is 0 Å². The van der Waals surface area contributed by atoms with Crippen LogP contribution in [0.4, 0.5) is 14.5 Å². The van der Waals surface area contributed by atoms with E-state index >= 15 is 0 Å². The van der Waals surface area contributed by atoms with E-state index in [-0.39, 0.29) is 5.75 Å². The molecule has 0 aliphatic rings. The van der Waals surface area contributed by atoms with Crippen LogP contribution in [0, 0.1) is 0 Å². The first kappa shape index (κ1) is 17.9. The summed E-state index contributed by atoms with van der Waals surface area (Å²) in [6.45, 7) is 1.28. The van der Waals surface area contributed by atoms with Gasteiger partial charge in [0.2, 0.25) is 0 Å². The molecular formula is C20H20F2N2O2. The SMILES string of the molecule is CNc1ccccc1C(C)(C)c1cc(-c2ccc(OC(F)F)cc2)no1. The van der Waals surface area contributed by atoms with Crippen LogP contribution in [0.15, 0.2) is 59.1 Å². The molecule has 0 fully saturated rings. The van der Waals surface area contributed by atoms with Crippen molar-refractivity contribution in [2.24, 2.45) is 0 Å². The number of ether oxygens (including phenoxy) is 1. The Labute approximate surface area is 150 Å². The number of halogens is 2. The number of rotatable bonds is 6. The van der Waals surface area contributed by atoms with Gasteiger partial charge in [-0.1, -0.05) is 23.4 Å². The van der Waals surface area contributed by atoms with Gasteiger partial charge in [0.1, 0.15) is 17.2 Å². The normalized spacial score (nSPS) is 11.6. The zero-order valence-corrected chi connectivity index (χ0v) is 14.8. The maximum absolute atomic E-state index is 12.2. The minimum absolute atomic E-state index is 0.107. The monoisotopic (exact) mass is 358 g/mol. The van der Waals surface area contributed by atoms with Gasteiger partial charge in [-0.05, 0) is 49.7 Å². The topological polar surface area (TPSA) is 47.3 Å². The average molecular weight is 358 g/mol. The van der Waals surface area contributed by atoms with Crippen molar-refractivity contribution in [3.8, 4) is 17.0 Å². The van der Waals surface area contributed by atoms with Gasteiger partial charge in [-0.3, -0.25) is 0 Å². The summed E-state index contributed by atoms with van der Waals surface area (Å²) in [5, 5.41) is 7.33. The van der Waals surface area contributed by atoms with E-state index in [0.29, 0.717) is 11.5 Å². The van der Waals surface area contributed by atoms with E-state index in [1.54, 1.807) is 12.1 Å². The van der Waals surface area contributed by atoms with Gasteiger partial charge in [0.05, 0.1) is 5.41 Å². The van der Waals surface area contributed by atoms with Crippen LogP contribution in [0.5, 0.6) is 5.75 Å². The number of hydrogen-bond donors (Lipinski definition) is 1. The molecular weight excluding hydrogens is 338 g/mol. The number of nitrogens with zero attached hydrogens (tertiary/aromatic N) is 1. The zero-order valence-electron chi connectivity index (χ0n) is 14.8. The lowest BCUT2D eigenvalue weighted by atomic mass is 9.81. The summed E-state index contributed by atoms with van der Waals surface area (Å²) in [5.74, 6) is 0.818. The second-order valence-corrected chi connectivity index (χ2v) is 6.40. The number of hydrogen-bond acceptors (Lipinski definition) is 4. The molecule has 2 aromatic carbocycles. The van der Waals surface area contributed by atoms with Crippen molar-refractivity contribution in [2.75, 3.05) is 12.4 Å². The number of benzene rings is 2. The molecule has 3 rings (SSSR count). The Morgan fingerprint density at radius 2 is 1.77 bits per heavy atom. The third-order valence-electron chi connectivity index (χ3n) is 4.37. The average Bonchev–Trinajstić information content (AvgIpc) is 3.13. The van der Waals surface area contributed by atoms with Crippen molar-refractivity contribution >= 4 is 5.69 Å². The Morgan fingerprint density at radius 3 is 2.42 bits per heavy atom. The Bertz CT molecular complexity index is 874. The lowest BCUT2D eigenvalue weighted by Gasteiger charge is -2.24. The molecule has 1 heterocycles. The maximum atomic E-state index is 12.2. The zero-order chi connectivity index (χ0) is 18.7. The standard InChI is InChI=1S/C20H20F2N2O2/c1-20(2,15-6-4-5-7-16(15)23-3)18-12-17(24-26-18)13-8-10-14(11-9-13)25-19(21)22/h4-12,19,23H,1-3H3. The molecule has 0 unspecified atom stereocenters. The molecule has 1 aromatic heterocycles. The van der Waals surface area contributed by atoms with Gasteiger partial charge < -0.3 is 14.6 Å². The van der Waals surface area contributed by atoms with Gasteiger partial charge in [0.25, 0.3) is 0 Å². The lowest BCUT2D eigenvalue weighted by Crippen LogP contribution is -2.19. The molecule has 0 spiro atoms. The molecule has 0 atom stereocenters. The van der Waals surface area contributed by atoms with E-state index in [2.05, 4.69) is 29.1 Å². The number of anilines is 1. The fraction of sp³-hybridized carbons (Fsp3) is 0.250. The minimum atomic E-state index is -2.84. The summed E-state index contributed by atoms with van der Waals surface area (Å²) in [5.41, 5.74) is 3.11. The van der Waals surface area contributed by atoms with Crippen LogP contribution in [0.1, 0.15) is 25.2 Å². The quantitative estimate of drug-likeness (QED) is 0.649. The van der Waals surface area contributed by atoms with Gasteiger partial charge in [0, 0.05) is 24.4 Å². The highest BCUT2D eigenvalue weighted by Gasteiger charge is 2.30. The van der Waals surface area contributed by atoms with Crippen molar-refractivity contribution in [3.05, 3.63) is 65.9 Å². The summed E-state index contributed by atoms with van der Waals surface area (Å²) in [6, 6.07) is 16.2. The Kier molecular flexibility index (Phi) is 4.93. The summed E-state index contributed by atoms with van der Waals surface area (Å²) < 4.78 is 34.5. The molecule has 136 valence electrons. The minimum Gasteiger partial charge on any atom is -0.435 e. The first-order chi connectivity index (χ1) is 12.4. The molecule has 26 heavy (non-hydrogen) atoms. The first-order valence-electron chi connectivity index (χ1n) is 8.21. The van der Waals surface area contributed by atoms with Crippen molar-refractivity contribution in [1.29, 1.82) is 0 Å². The van der Waals surface area contributed by atoms with E-state index in [0.717, 1.165) is 16.8 Å². The molecule has 0 saturated heterocycles. The van der Waals surface area contributed by atoms with Crippen LogP contribution in [0.25, 0.3) is 11.3 Å². The summed E-state index contributed by atoms with van der Waals surface area (Å²) in [4.78, 5) is 0. The molecule has 6 heteroatoms. The molecule has 0 aliphatic carbocycles. The highest BCUT2D eigenvalue weighted by molar-refractivity contribution is 5.62. The van der Waals surface area contributed by atoms with E-state index in [9.17, 15) is 8.78 Å². The smallest absolute Gasteiger partial charge is 0.387 e. The number of nitrogens with one attached hydrogen (secondary N) is 1. The second kappa shape index (κ2) is 7.15. The van der Waals surface area contributed by atoms with E-state index in [4.69, 9.17) is 4.52 Å². The maximum Gasteiger partial charge on any atom is 0.387 e. The first-order valence-corrected chi connectivity index (χ1v) is 8.21. The molecule has 0 saturated carbocycles. The second-order valence-electron chi connectivity index (χ2n) is 6.40. The molecule has 4 nitrogen and oxygen atoms in total. The molecule has 0 amide bonds. The summed E-state index contributed by atoms with van der Waals surface area (Å²) in [6.07, 6.45) is 0. The third-order valence-corrected chi connectivity index (χ3v) is 4.37. The van der Waals surface area contributed by atoms with Crippen LogP contribution in [-0.2, 0) is 5.41 Å². The lowest BCUT2D eigenvalue weighted by molar-refractivity contribution is -0.0498. The number of aromatic nitrogens is 1. The fourth-order valence-corrected chi connectivity index (χ4v) is 2.89. The Hall–Kier alpha value is -2.89. The Morgan fingerprint density at radius 1 is 1.08 bits per heavy atom. The van der Waals surface area contributed by atoms with E-state index in [1.165, 1.54) is 12.1 Å². The highest BCUT2D eigenvalue weighted by atomic mass is 19.3. The molecule has 0 bridgehead atoms. The predicted molar refractivity (Wildman–Crippen MR) is 96.7 cm³/mol. The molecule has 1 N–H and O–H groups in total. The summed E-state index contributed by atoms with van der Waals surface area (Å²) in [7, 11) is 1.88. The van der Waals surface area contributed by atoms with Crippen molar-refractivity contribution in [2.45, 2.75) is 25.9 Å². The number of para-hydroxylation sites is 1. The van der Waals surface area contributed by atoms with E-state index in [1.807, 2.05) is 37.4 Å². The largest absolute Gasteiger partial charge is 0.435 e. The van der Waals surface area contributed by atoms with Crippen molar-refractivity contribution < 1.29 is 18.0 Å². The number of alkyl halides is 2. The van der Waals surface area contributed by atoms with Crippen LogP contribution >= 0.6 is 0 Å². The molecule has 0 aliphatic heterocycles. The van der Waals surface area contributed by atoms with Gasteiger partial charge in [-0.25, -0.2) is 0 Å². The van der Waals surface area contributed by atoms with Gasteiger partial charge in [-0.2, -0.15) is 8.78 Å². The van der Waals surface area contributed by atoms with Crippen LogP contribution < -0.4 is 10.1 Å². The predicted octanol–water partition coefficient (Wildman–Crippen LogP) is 5.31. The van der Waals surface area contributed by atoms with Gasteiger partial charge in [-0.15, -0.1) is 0 Å². The third kappa shape index (κ3) is 3.54. The fourth-order valence-electron chi connectivity index (χ4n) is 2.89. The van der Waals surface area contributed by atoms with Crippen molar-refractivity contribution in [1.82, 2.24) is 5.16 Å². The van der Waals surface area contributed by atoms with Gasteiger partial charge >= 0.3 is 6.61 Å². The molecule has 3 aromatic rings. The van der Waals surface area contributed by atoms with Crippen LogP contribution in [0.3, 0.4) is 0 Å². The molecule has 0 radical (unpaired) electrons.